The van der Waals surface area contributed by atoms with Gasteiger partial charge in [-0.2, -0.15) is 15.1 Å². The molecule has 6 heteroatoms. The molecule has 0 saturated heterocycles. The lowest BCUT2D eigenvalue weighted by atomic mass is 10.2. The molecular formula is C13H14N6. The molecule has 2 aromatic heterocycles. The van der Waals surface area contributed by atoms with Crippen LogP contribution in [0.2, 0.25) is 0 Å². The Morgan fingerprint density at radius 1 is 1.16 bits per heavy atom. The summed E-state index contributed by atoms with van der Waals surface area (Å²) in [6.07, 6.45) is 1.72. The molecule has 2 heterocycles. The van der Waals surface area contributed by atoms with Crippen molar-refractivity contribution in [2.75, 3.05) is 17.7 Å². The second-order valence-corrected chi connectivity index (χ2v) is 4.12. The number of aromatic amines is 1. The summed E-state index contributed by atoms with van der Waals surface area (Å²) in [7, 11) is 1.79. The molecule has 0 fully saturated rings. The van der Waals surface area contributed by atoms with Crippen LogP contribution in [0.4, 0.5) is 11.8 Å². The van der Waals surface area contributed by atoms with E-state index in [1.165, 1.54) is 5.56 Å². The topological polar surface area (TPSA) is 78.5 Å². The summed E-state index contributed by atoms with van der Waals surface area (Å²) in [5, 5.41) is 14.0. The molecular weight excluding hydrogens is 240 g/mol. The second kappa shape index (κ2) is 4.93. The third-order valence-electron chi connectivity index (χ3n) is 2.84. The highest BCUT2D eigenvalue weighted by molar-refractivity contribution is 5.86. The fraction of sp³-hybridized carbons (Fsp3) is 0.154. The van der Waals surface area contributed by atoms with Gasteiger partial charge in [0.05, 0.1) is 11.6 Å². The lowest BCUT2D eigenvalue weighted by molar-refractivity contribution is 1.08. The Labute approximate surface area is 110 Å². The van der Waals surface area contributed by atoms with Gasteiger partial charge in [-0.15, -0.1) is 0 Å². The third kappa shape index (κ3) is 2.33. The molecule has 0 aliphatic rings. The maximum absolute atomic E-state index is 4.41. The number of rotatable bonds is 4. The first-order chi connectivity index (χ1) is 9.36. The summed E-state index contributed by atoms with van der Waals surface area (Å²) in [4.78, 5) is 8.70. The van der Waals surface area contributed by atoms with Gasteiger partial charge in [0.15, 0.2) is 5.65 Å². The minimum absolute atomic E-state index is 0.562. The highest BCUT2D eigenvalue weighted by atomic mass is 15.2. The number of anilines is 2. The molecule has 0 spiro atoms. The van der Waals surface area contributed by atoms with Crippen LogP contribution in [-0.2, 0) is 6.54 Å². The van der Waals surface area contributed by atoms with Crippen LogP contribution in [0.3, 0.4) is 0 Å². The van der Waals surface area contributed by atoms with E-state index >= 15 is 0 Å². The number of aromatic nitrogens is 4. The van der Waals surface area contributed by atoms with E-state index in [-0.39, 0.29) is 0 Å². The number of benzene rings is 1. The fourth-order valence-electron chi connectivity index (χ4n) is 1.86. The molecule has 0 unspecified atom stereocenters. The summed E-state index contributed by atoms with van der Waals surface area (Å²) in [6.45, 7) is 0.710. The average molecular weight is 254 g/mol. The zero-order valence-electron chi connectivity index (χ0n) is 10.5. The summed E-state index contributed by atoms with van der Waals surface area (Å²) in [6, 6.07) is 10.2. The molecule has 0 saturated carbocycles. The van der Waals surface area contributed by atoms with E-state index in [1.807, 2.05) is 18.2 Å². The fourth-order valence-corrected chi connectivity index (χ4v) is 1.86. The van der Waals surface area contributed by atoms with E-state index in [2.05, 4.69) is 42.9 Å². The summed E-state index contributed by atoms with van der Waals surface area (Å²) in [5.41, 5.74) is 1.92. The van der Waals surface area contributed by atoms with Gasteiger partial charge in [-0.25, -0.2) is 0 Å². The highest BCUT2D eigenvalue weighted by Gasteiger charge is 2.08. The number of fused-ring (bicyclic) bond motifs is 1. The largest absolute Gasteiger partial charge is 0.365 e. The predicted molar refractivity (Wildman–Crippen MR) is 75.0 cm³/mol. The molecule has 0 atom stereocenters. The minimum atomic E-state index is 0.562. The van der Waals surface area contributed by atoms with Gasteiger partial charge in [-0.1, -0.05) is 30.3 Å². The van der Waals surface area contributed by atoms with Crippen molar-refractivity contribution in [2.24, 2.45) is 0 Å². The summed E-state index contributed by atoms with van der Waals surface area (Å²) >= 11 is 0. The van der Waals surface area contributed by atoms with Crippen LogP contribution in [0, 0.1) is 0 Å². The molecule has 6 nitrogen and oxygen atoms in total. The molecule has 3 aromatic rings. The van der Waals surface area contributed by atoms with Crippen molar-refractivity contribution in [3.63, 3.8) is 0 Å². The van der Waals surface area contributed by atoms with Crippen LogP contribution in [0.1, 0.15) is 5.56 Å². The van der Waals surface area contributed by atoms with E-state index in [1.54, 1.807) is 13.2 Å². The standard InChI is InChI=1S/C13H14N6/c1-14-13-17-11(10-8-16-19-12(10)18-13)15-7-9-5-3-2-4-6-9/h2-6,8H,7H2,1H3,(H3,14,15,16,17,18,19). The van der Waals surface area contributed by atoms with E-state index in [0.717, 1.165) is 16.9 Å². The van der Waals surface area contributed by atoms with E-state index < -0.39 is 0 Å². The molecule has 0 radical (unpaired) electrons. The van der Waals surface area contributed by atoms with Gasteiger partial charge in [-0.3, -0.25) is 5.10 Å². The predicted octanol–water partition coefficient (Wildman–Crippen LogP) is 2.01. The van der Waals surface area contributed by atoms with Crippen molar-refractivity contribution in [3.05, 3.63) is 42.1 Å². The lowest BCUT2D eigenvalue weighted by Crippen LogP contribution is -2.05. The van der Waals surface area contributed by atoms with E-state index in [4.69, 9.17) is 0 Å². The molecule has 0 aliphatic carbocycles. The van der Waals surface area contributed by atoms with Crippen molar-refractivity contribution < 1.29 is 0 Å². The monoisotopic (exact) mass is 254 g/mol. The number of H-pyrrole nitrogens is 1. The molecule has 96 valence electrons. The number of nitrogens with zero attached hydrogens (tertiary/aromatic N) is 3. The van der Waals surface area contributed by atoms with Gasteiger partial charge >= 0.3 is 0 Å². The van der Waals surface area contributed by atoms with Crippen molar-refractivity contribution in [2.45, 2.75) is 6.54 Å². The van der Waals surface area contributed by atoms with Gasteiger partial charge in [-0.05, 0) is 5.56 Å². The van der Waals surface area contributed by atoms with Crippen LogP contribution in [0.25, 0.3) is 11.0 Å². The van der Waals surface area contributed by atoms with Crippen molar-refractivity contribution in [3.8, 4) is 0 Å². The first-order valence-electron chi connectivity index (χ1n) is 6.03. The zero-order chi connectivity index (χ0) is 13.1. The molecule has 3 rings (SSSR count). The van der Waals surface area contributed by atoms with Crippen molar-refractivity contribution >= 4 is 22.8 Å². The molecule has 1 aromatic carbocycles. The van der Waals surface area contributed by atoms with Crippen LogP contribution in [0.15, 0.2) is 36.5 Å². The first kappa shape index (κ1) is 11.5. The van der Waals surface area contributed by atoms with Crippen molar-refractivity contribution in [1.82, 2.24) is 20.2 Å². The molecule has 19 heavy (non-hydrogen) atoms. The van der Waals surface area contributed by atoms with Crippen LogP contribution in [-0.4, -0.2) is 27.2 Å². The first-order valence-corrected chi connectivity index (χ1v) is 6.03. The second-order valence-electron chi connectivity index (χ2n) is 4.12. The number of hydrogen-bond acceptors (Lipinski definition) is 5. The van der Waals surface area contributed by atoms with E-state index in [9.17, 15) is 0 Å². The Morgan fingerprint density at radius 2 is 2.00 bits per heavy atom. The van der Waals surface area contributed by atoms with Gasteiger partial charge in [0.2, 0.25) is 5.95 Å². The van der Waals surface area contributed by atoms with Gasteiger partial charge in [0, 0.05) is 13.6 Å². The summed E-state index contributed by atoms with van der Waals surface area (Å²) in [5.74, 6) is 1.33. The molecule has 0 bridgehead atoms. The van der Waals surface area contributed by atoms with Crippen molar-refractivity contribution in [1.29, 1.82) is 0 Å². The minimum Gasteiger partial charge on any atom is -0.365 e. The lowest BCUT2D eigenvalue weighted by Gasteiger charge is -2.08. The van der Waals surface area contributed by atoms with Gasteiger partial charge in [0.1, 0.15) is 5.82 Å². The van der Waals surface area contributed by atoms with Gasteiger partial charge < -0.3 is 10.6 Å². The molecule has 0 aliphatic heterocycles. The van der Waals surface area contributed by atoms with Crippen LogP contribution in [0.5, 0.6) is 0 Å². The number of hydrogen-bond donors (Lipinski definition) is 3. The maximum atomic E-state index is 4.41. The highest BCUT2D eigenvalue weighted by Crippen LogP contribution is 2.20. The van der Waals surface area contributed by atoms with Crippen LogP contribution >= 0.6 is 0 Å². The Morgan fingerprint density at radius 3 is 2.79 bits per heavy atom. The third-order valence-corrected chi connectivity index (χ3v) is 2.84. The Kier molecular flexibility index (Phi) is 2.97. The van der Waals surface area contributed by atoms with E-state index in [0.29, 0.717) is 12.5 Å². The quantitative estimate of drug-likeness (QED) is 0.663. The van der Waals surface area contributed by atoms with Crippen LogP contribution < -0.4 is 10.6 Å². The Bertz CT molecular complexity index is 676. The average Bonchev–Trinajstić information content (AvgIpc) is 2.94. The van der Waals surface area contributed by atoms with Gasteiger partial charge in [0.25, 0.3) is 0 Å². The molecule has 0 amide bonds. The maximum Gasteiger partial charge on any atom is 0.226 e. The zero-order valence-corrected chi connectivity index (χ0v) is 10.5. The SMILES string of the molecule is CNc1nc(NCc2ccccc2)c2cn[nH]c2n1. The normalized spacial score (nSPS) is 10.6. The number of nitrogens with one attached hydrogen (secondary N) is 3. The Hall–Kier alpha value is -2.63. The Balaban J connectivity index is 1.89. The summed E-state index contributed by atoms with van der Waals surface area (Å²) < 4.78 is 0. The molecule has 3 N–H and O–H groups in total. The smallest absolute Gasteiger partial charge is 0.226 e.